The van der Waals surface area contributed by atoms with Gasteiger partial charge in [0.15, 0.2) is 0 Å². The summed E-state index contributed by atoms with van der Waals surface area (Å²) in [5, 5.41) is 10.4. The van der Waals surface area contributed by atoms with Gasteiger partial charge in [-0.15, -0.1) is 0 Å². The number of benzene rings is 7. The molecule has 46 heavy (non-hydrogen) atoms. The van der Waals surface area contributed by atoms with E-state index < -0.39 is 5.41 Å². The van der Waals surface area contributed by atoms with Gasteiger partial charge in [-0.3, -0.25) is 0 Å². The average molecular weight is 650 g/mol. The lowest BCUT2D eigenvalue weighted by Crippen LogP contribution is -2.35. The smallest absolute Gasteiger partial charge is 0.0622 e. The van der Waals surface area contributed by atoms with E-state index in [1.54, 1.807) is 0 Å². The van der Waals surface area contributed by atoms with Crippen molar-refractivity contribution in [1.29, 1.82) is 0 Å². The van der Waals surface area contributed by atoms with E-state index in [2.05, 4.69) is 192 Å². The molecular formula is C45H29Br. The Labute approximate surface area is 276 Å². The summed E-state index contributed by atoms with van der Waals surface area (Å²) in [6.45, 7) is 0. The van der Waals surface area contributed by atoms with Gasteiger partial charge < -0.3 is 0 Å². The van der Waals surface area contributed by atoms with Crippen molar-refractivity contribution in [2.24, 2.45) is 0 Å². The van der Waals surface area contributed by atoms with E-state index in [1.165, 1.54) is 76.2 Å². The highest BCUT2D eigenvalue weighted by Crippen LogP contribution is 2.49. The van der Waals surface area contributed by atoms with Gasteiger partial charge in [0.1, 0.15) is 0 Å². The minimum atomic E-state index is -0.478. The summed E-state index contributed by atoms with van der Waals surface area (Å²) >= 11 is 3.58. The van der Waals surface area contributed by atoms with Crippen LogP contribution in [0, 0.1) is 0 Å². The van der Waals surface area contributed by atoms with Crippen molar-refractivity contribution in [1.82, 2.24) is 0 Å². The minimum Gasteiger partial charge on any atom is -0.0622 e. The van der Waals surface area contributed by atoms with Crippen LogP contribution in [0.5, 0.6) is 0 Å². The molecule has 0 fully saturated rings. The second kappa shape index (κ2) is 10.7. The van der Waals surface area contributed by atoms with E-state index >= 15 is 0 Å². The van der Waals surface area contributed by atoms with Crippen molar-refractivity contribution >= 4 is 66.0 Å². The number of allylic oxidation sites excluding steroid dienone is 5. The van der Waals surface area contributed by atoms with Crippen molar-refractivity contribution in [2.75, 3.05) is 0 Å². The summed E-state index contributed by atoms with van der Waals surface area (Å²) in [4.78, 5) is 0. The Morgan fingerprint density at radius 1 is 0.478 bits per heavy atom. The van der Waals surface area contributed by atoms with Gasteiger partial charge in [-0.25, -0.2) is 0 Å². The maximum atomic E-state index is 3.58. The van der Waals surface area contributed by atoms with E-state index in [0.29, 0.717) is 0 Å². The fraction of sp³-hybridized carbons (Fsp3) is 0.0222. The maximum Gasteiger partial charge on any atom is 0.0652 e. The predicted octanol–water partition coefficient (Wildman–Crippen LogP) is 10.4. The molecule has 0 N–H and O–H groups in total. The van der Waals surface area contributed by atoms with Crippen LogP contribution in [0.1, 0.15) is 16.7 Å². The predicted molar refractivity (Wildman–Crippen MR) is 199 cm³/mol. The van der Waals surface area contributed by atoms with Crippen molar-refractivity contribution in [3.05, 3.63) is 207 Å². The Morgan fingerprint density at radius 3 is 1.59 bits per heavy atom. The fourth-order valence-electron chi connectivity index (χ4n) is 7.68. The summed E-state index contributed by atoms with van der Waals surface area (Å²) < 4.78 is 1.08. The molecule has 2 aliphatic rings. The Balaban J connectivity index is 1.41. The third kappa shape index (κ3) is 4.20. The summed E-state index contributed by atoms with van der Waals surface area (Å²) in [6.07, 6.45) is 11.8. The highest BCUT2D eigenvalue weighted by Gasteiger charge is 2.41. The number of hydrogen-bond donors (Lipinski definition) is 0. The second-order valence-corrected chi connectivity index (χ2v) is 13.2. The molecule has 0 saturated heterocycles. The standard InChI is InChI=1S/C45H29Br/c46-36-23-21-30(22-24-36)19-20-31-25-33-26-32-27-42-39-17-9-7-15-37(39)38-16-8-10-18-40(38)43(42)28-41(32)44(33)45(29-31,34-11-3-1-4-12-34)35-13-5-2-6-14-35/h1-29H/b20-19+. The Hall–Kier alpha value is -5.24. The highest BCUT2D eigenvalue weighted by atomic mass is 79.9. The first kappa shape index (κ1) is 27.1. The molecule has 7 aromatic rings. The zero-order valence-electron chi connectivity index (χ0n) is 25.1. The first-order valence-electron chi connectivity index (χ1n) is 15.8. The molecule has 0 aliphatic heterocycles. The topological polar surface area (TPSA) is 0 Å². The normalized spacial score (nSPS) is 15.1. The van der Waals surface area contributed by atoms with E-state index in [0.717, 1.165) is 4.47 Å². The van der Waals surface area contributed by atoms with Crippen LogP contribution in [0.3, 0.4) is 0 Å². The first-order valence-corrected chi connectivity index (χ1v) is 16.6. The van der Waals surface area contributed by atoms with Crippen LogP contribution in [-0.4, -0.2) is 0 Å². The molecule has 0 amide bonds. The number of hydrogen-bond acceptors (Lipinski definition) is 0. The van der Waals surface area contributed by atoms with E-state index in [-0.39, 0.29) is 0 Å². The Bertz CT molecular complexity index is 2510. The maximum absolute atomic E-state index is 3.58. The zero-order chi connectivity index (χ0) is 30.7. The quantitative estimate of drug-likeness (QED) is 0.167. The Kier molecular flexibility index (Phi) is 6.30. The van der Waals surface area contributed by atoms with Gasteiger partial charge >= 0.3 is 0 Å². The second-order valence-electron chi connectivity index (χ2n) is 12.3. The van der Waals surface area contributed by atoms with Crippen molar-refractivity contribution in [2.45, 2.75) is 5.41 Å². The van der Waals surface area contributed by atoms with Gasteiger partial charge in [-0.2, -0.15) is 0 Å². The van der Waals surface area contributed by atoms with Crippen LogP contribution < -0.4 is 10.4 Å². The molecule has 0 heterocycles. The third-order valence-electron chi connectivity index (χ3n) is 9.68. The molecule has 0 nitrogen and oxygen atoms in total. The molecule has 2 aliphatic carbocycles. The molecule has 0 aromatic heterocycles. The largest absolute Gasteiger partial charge is 0.0652 e. The van der Waals surface area contributed by atoms with Crippen LogP contribution in [-0.2, 0) is 5.41 Å². The summed E-state index contributed by atoms with van der Waals surface area (Å²) in [7, 11) is 0. The molecule has 0 atom stereocenters. The van der Waals surface area contributed by atoms with Crippen LogP contribution in [0.25, 0.3) is 50.0 Å². The van der Waals surface area contributed by atoms with Gasteiger partial charge in [0.05, 0.1) is 5.41 Å². The minimum absolute atomic E-state index is 0.478. The fourth-order valence-corrected chi connectivity index (χ4v) is 7.95. The molecular weight excluding hydrogens is 620 g/mol. The van der Waals surface area contributed by atoms with Crippen LogP contribution in [0.2, 0.25) is 0 Å². The van der Waals surface area contributed by atoms with Crippen molar-refractivity contribution in [3.8, 4) is 0 Å². The lowest BCUT2D eigenvalue weighted by atomic mass is 9.64. The average Bonchev–Trinajstić information content (AvgIpc) is 3.49. The third-order valence-corrected chi connectivity index (χ3v) is 10.2. The van der Waals surface area contributed by atoms with Gasteiger partial charge in [0.2, 0.25) is 0 Å². The van der Waals surface area contributed by atoms with E-state index in [1.807, 2.05) is 0 Å². The van der Waals surface area contributed by atoms with Gasteiger partial charge in [-0.05, 0) is 113 Å². The number of rotatable bonds is 4. The number of halogens is 1. The molecule has 0 saturated carbocycles. The monoisotopic (exact) mass is 648 g/mol. The van der Waals surface area contributed by atoms with E-state index in [4.69, 9.17) is 0 Å². The lowest BCUT2D eigenvalue weighted by Gasteiger charge is -2.38. The van der Waals surface area contributed by atoms with Gasteiger partial charge in [-0.1, -0.05) is 155 Å². The molecule has 0 radical (unpaired) electrons. The summed E-state index contributed by atoms with van der Waals surface area (Å²) in [6, 6.07) is 53.2. The van der Waals surface area contributed by atoms with E-state index in [9.17, 15) is 0 Å². The molecule has 0 spiro atoms. The number of fused-ring (bicyclic) bond motifs is 8. The van der Waals surface area contributed by atoms with Crippen LogP contribution >= 0.6 is 15.9 Å². The van der Waals surface area contributed by atoms with Gasteiger partial charge in [0, 0.05) is 4.47 Å². The lowest BCUT2D eigenvalue weighted by molar-refractivity contribution is 0.825. The summed E-state index contributed by atoms with van der Waals surface area (Å²) in [5.74, 6) is 0. The molecule has 0 bridgehead atoms. The van der Waals surface area contributed by atoms with Crippen LogP contribution in [0.4, 0.5) is 0 Å². The molecule has 216 valence electrons. The molecule has 0 unspecified atom stereocenters. The van der Waals surface area contributed by atoms with Crippen molar-refractivity contribution in [3.63, 3.8) is 0 Å². The molecule has 1 heteroatoms. The van der Waals surface area contributed by atoms with Crippen LogP contribution in [0.15, 0.2) is 179 Å². The summed E-state index contributed by atoms with van der Waals surface area (Å²) in [5.41, 5.74) is 7.03. The zero-order valence-corrected chi connectivity index (χ0v) is 26.7. The molecule has 9 rings (SSSR count). The SMILES string of the molecule is Brc1ccc(/C=C/C2=CC(c3ccccc3)(c3ccccc3)C3=c4cc5c6ccccc6c6ccccc6c5cc4=CC3=C2)cc1. The van der Waals surface area contributed by atoms with Crippen molar-refractivity contribution < 1.29 is 0 Å². The van der Waals surface area contributed by atoms with Gasteiger partial charge in [0.25, 0.3) is 0 Å². The Morgan fingerprint density at radius 2 is 1.00 bits per heavy atom. The highest BCUT2D eigenvalue weighted by molar-refractivity contribution is 9.10. The molecule has 7 aromatic carbocycles. The first-order chi connectivity index (χ1) is 22.7.